The number of hydrogen-bond acceptors (Lipinski definition) is 5. The second-order valence-corrected chi connectivity index (χ2v) is 4.59. The number of fused-ring (bicyclic) bond motifs is 1. The highest BCUT2D eigenvalue weighted by molar-refractivity contribution is 7.98. The molecule has 0 unspecified atom stereocenters. The normalized spacial score (nSPS) is 13.9. The summed E-state index contributed by atoms with van der Waals surface area (Å²) in [5.74, 6) is 3.91. The molecule has 0 bridgehead atoms. The molecule has 0 fully saturated rings. The predicted octanol–water partition coefficient (Wildman–Crippen LogP) is 1.84. The van der Waals surface area contributed by atoms with E-state index in [0.29, 0.717) is 6.61 Å². The van der Waals surface area contributed by atoms with Crippen LogP contribution in [0.15, 0.2) is 0 Å². The maximum absolute atomic E-state index is 5.32. The lowest BCUT2D eigenvalue weighted by Crippen LogP contribution is -2.08. The third kappa shape index (κ3) is 2.47. The first-order valence-corrected chi connectivity index (χ1v) is 6.72. The van der Waals surface area contributed by atoms with Gasteiger partial charge in [0.1, 0.15) is 11.6 Å². The first-order chi connectivity index (χ1) is 7.85. The number of rotatable bonds is 5. The molecular weight excluding hydrogens is 222 g/mol. The molecule has 16 heavy (non-hydrogen) atoms. The standard InChI is InChI=1S/C11H17N3OS/c1-3-15-5-4-10-13-9-7-16-6-8(9)11(12-2)14-10/h3-7H2,1-2H3,(H,12,13,14). The fraction of sp³-hybridized carbons (Fsp3) is 0.636. The lowest BCUT2D eigenvalue weighted by Gasteiger charge is -2.08. The van der Waals surface area contributed by atoms with Gasteiger partial charge in [-0.15, -0.1) is 0 Å². The molecule has 2 heterocycles. The second-order valence-electron chi connectivity index (χ2n) is 3.60. The van der Waals surface area contributed by atoms with Crippen LogP contribution in [0.2, 0.25) is 0 Å². The highest BCUT2D eigenvalue weighted by Gasteiger charge is 2.18. The number of nitrogens with zero attached hydrogens (tertiary/aromatic N) is 2. The molecular formula is C11H17N3OS. The lowest BCUT2D eigenvalue weighted by molar-refractivity contribution is 0.149. The number of hydrogen-bond donors (Lipinski definition) is 1. The van der Waals surface area contributed by atoms with Crippen molar-refractivity contribution in [2.75, 3.05) is 25.6 Å². The average molecular weight is 239 g/mol. The van der Waals surface area contributed by atoms with Crippen LogP contribution in [0, 0.1) is 0 Å². The van der Waals surface area contributed by atoms with Gasteiger partial charge in [0.05, 0.1) is 12.3 Å². The maximum Gasteiger partial charge on any atom is 0.133 e. The summed E-state index contributed by atoms with van der Waals surface area (Å²) in [5, 5.41) is 3.15. The Morgan fingerprint density at radius 2 is 2.25 bits per heavy atom. The van der Waals surface area contributed by atoms with E-state index < -0.39 is 0 Å². The fourth-order valence-corrected chi connectivity index (χ4v) is 2.77. The lowest BCUT2D eigenvalue weighted by atomic mass is 10.2. The Balaban J connectivity index is 2.14. The molecule has 0 saturated heterocycles. The molecule has 0 aliphatic carbocycles. The Morgan fingerprint density at radius 3 is 3.00 bits per heavy atom. The van der Waals surface area contributed by atoms with Crippen LogP contribution in [0.1, 0.15) is 24.0 Å². The molecule has 88 valence electrons. The quantitative estimate of drug-likeness (QED) is 0.795. The molecule has 1 aromatic rings. The zero-order valence-corrected chi connectivity index (χ0v) is 10.6. The van der Waals surface area contributed by atoms with Crippen molar-refractivity contribution in [2.45, 2.75) is 24.9 Å². The number of anilines is 1. The molecule has 1 aliphatic heterocycles. The molecule has 0 aromatic carbocycles. The van der Waals surface area contributed by atoms with Crippen molar-refractivity contribution >= 4 is 17.6 Å². The molecule has 4 nitrogen and oxygen atoms in total. The third-order valence-electron chi connectivity index (χ3n) is 2.54. The molecule has 1 aromatic heterocycles. The van der Waals surface area contributed by atoms with Crippen molar-refractivity contribution in [3.05, 3.63) is 17.1 Å². The van der Waals surface area contributed by atoms with E-state index >= 15 is 0 Å². The van der Waals surface area contributed by atoms with Gasteiger partial charge in [-0.1, -0.05) is 0 Å². The molecule has 0 amide bonds. The summed E-state index contributed by atoms with van der Waals surface area (Å²) in [7, 11) is 1.91. The second kappa shape index (κ2) is 5.50. The maximum atomic E-state index is 5.32. The highest BCUT2D eigenvalue weighted by atomic mass is 32.2. The first-order valence-electron chi connectivity index (χ1n) is 5.57. The number of ether oxygens (including phenoxy) is 1. The summed E-state index contributed by atoms with van der Waals surface area (Å²) < 4.78 is 5.32. The molecule has 5 heteroatoms. The zero-order chi connectivity index (χ0) is 11.4. The highest BCUT2D eigenvalue weighted by Crippen LogP contribution is 2.32. The number of thioether (sulfide) groups is 1. The van der Waals surface area contributed by atoms with E-state index in [1.165, 1.54) is 11.3 Å². The van der Waals surface area contributed by atoms with Crippen LogP contribution in [0.4, 0.5) is 5.82 Å². The Bertz CT molecular complexity index is 370. The van der Waals surface area contributed by atoms with Crippen LogP contribution in [-0.4, -0.2) is 30.2 Å². The Kier molecular flexibility index (Phi) is 4.01. The Labute approximate surface area is 100 Å². The van der Waals surface area contributed by atoms with Crippen molar-refractivity contribution in [3.8, 4) is 0 Å². The van der Waals surface area contributed by atoms with Gasteiger partial charge in [-0.3, -0.25) is 0 Å². The predicted molar refractivity (Wildman–Crippen MR) is 66.8 cm³/mol. The van der Waals surface area contributed by atoms with Crippen molar-refractivity contribution < 1.29 is 4.74 Å². The first kappa shape index (κ1) is 11.7. The molecule has 0 saturated carbocycles. The van der Waals surface area contributed by atoms with Crippen molar-refractivity contribution in [3.63, 3.8) is 0 Å². The van der Waals surface area contributed by atoms with Crippen LogP contribution in [-0.2, 0) is 22.7 Å². The van der Waals surface area contributed by atoms with E-state index in [4.69, 9.17) is 4.74 Å². The van der Waals surface area contributed by atoms with Crippen molar-refractivity contribution in [2.24, 2.45) is 0 Å². The Morgan fingerprint density at radius 1 is 1.38 bits per heavy atom. The van der Waals surface area contributed by atoms with Gasteiger partial charge in [-0.2, -0.15) is 11.8 Å². The van der Waals surface area contributed by atoms with Gasteiger partial charge in [0, 0.05) is 37.1 Å². The van der Waals surface area contributed by atoms with Crippen LogP contribution in [0.3, 0.4) is 0 Å². The molecule has 2 rings (SSSR count). The molecule has 1 N–H and O–H groups in total. The summed E-state index contributed by atoms with van der Waals surface area (Å²) in [6.07, 6.45) is 0.792. The van der Waals surface area contributed by atoms with Crippen LogP contribution in [0.25, 0.3) is 0 Å². The van der Waals surface area contributed by atoms with E-state index in [9.17, 15) is 0 Å². The average Bonchev–Trinajstić information content (AvgIpc) is 2.76. The minimum Gasteiger partial charge on any atom is -0.381 e. The minimum atomic E-state index is 0.700. The van der Waals surface area contributed by atoms with Gasteiger partial charge in [-0.05, 0) is 6.92 Å². The van der Waals surface area contributed by atoms with E-state index in [2.05, 4.69) is 15.3 Å². The van der Waals surface area contributed by atoms with E-state index in [-0.39, 0.29) is 0 Å². The zero-order valence-electron chi connectivity index (χ0n) is 9.75. The molecule has 0 spiro atoms. The summed E-state index contributed by atoms with van der Waals surface area (Å²) in [6.45, 7) is 3.45. The monoisotopic (exact) mass is 239 g/mol. The van der Waals surface area contributed by atoms with Crippen molar-refractivity contribution in [1.29, 1.82) is 0 Å². The van der Waals surface area contributed by atoms with Gasteiger partial charge in [-0.25, -0.2) is 9.97 Å². The summed E-state index contributed by atoms with van der Waals surface area (Å²) >= 11 is 1.90. The molecule has 1 aliphatic rings. The van der Waals surface area contributed by atoms with Crippen LogP contribution in [0.5, 0.6) is 0 Å². The number of aromatic nitrogens is 2. The summed E-state index contributed by atoms with van der Waals surface area (Å²) in [6, 6.07) is 0. The number of nitrogens with one attached hydrogen (secondary N) is 1. The van der Waals surface area contributed by atoms with Crippen molar-refractivity contribution in [1.82, 2.24) is 9.97 Å². The van der Waals surface area contributed by atoms with Crippen LogP contribution >= 0.6 is 11.8 Å². The summed E-state index contributed by atoms with van der Waals surface area (Å²) in [4.78, 5) is 9.10. The molecule has 0 radical (unpaired) electrons. The smallest absolute Gasteiger partial charge is 0.133 e. The van der Waals surface area contributed by atoms with Gasteiger partial charge in [0.15, 0.2) is 0 Å². The van der Waals surface area contributed by atoms with Gasteiger partial charge in [0.25, 0.3) is 0 Å². The molecule has 0 atom stereocenters. The van der Waals surface area contributed by atoms with Gasteiger partial charge >= 0.3 is 0 Å². The third-order valence-corrected chi connectivity index (χ3v) is 3.51. The largest absolute Gasteiger partial charge is 0.381 e. The van der Waals surface area contributed by atoms with Crippen LogP contribution < -0.4 is 5.32 Å². The minimum absolute atomic E-state index is 0.700. The van der Waals surface area contributed by atoms with E-state index in [0.717, 1.165) is 36.2 Å². The SMILES string of the molecule is CCOCCc1nc2c(c(NC)n1)CSC2. The van der Waals surface area contributed by atoms with Gasteiger partial charge in [0.2, 0.25) is 0 Å². The fourth-order valence-electron chi connectivity index (χ4n) is 1.73. The van der Waals surface area contributed by atoms with Gasteiger partial charge < -0.3 is 10.1 Å². The summed E-state index contributed by atoms with van der Waals surface area (Å²) in [5.41, 5.74) is 2.46. The van der Waals surface area contributed by atoms with E-state index in [1.54, 1.807) is 0 Å². The van der Waals surface area contributed by atoms with E-state index in [1.807, 2.05) is 25.7 Å². The topological polar surface area (TPSA) is 47.0 Å². The Hall–Kier alpha value is -0.810.